The van der Waals surface area contributed by atoms with Gasteiger partial charge in [0.2, 0.25) is 0 Å². The van der Waals surface area contributed by atoms with E-state index < -0.39 is 12.2 Å². The highest BCUT2D eigenvalue weighted by molar-refractivity contribution is 5.70. The second-order valence-electron chi connectivity index (χ2n) is 13.8. The second kappa shape index (κ2) is 36.4. The van der Waals surface area contributed by atoms with Crippen LogP contribution in [0.2, 0.25) is 0 Å². The van der Waals surface area contributed by atoms with Crippen molar-refractivity contribution < 1.29 is 29.3 Å². The van der Waals surface area contributed by atoms with Gasteiger partial charge in [-0.3, -0.25) is 9.59 Å². The van der Waals surface area contributed by atoms with Crippen molar-refractivity contribution in [1.29, 1.82) is 0 Å². The van der Waals surface area contributed by atoms with Crippen LogP contribution in [0, 0.1) is 5.92 Å². The first-order valence-electron chi connectivity index (χ1n) is 20.0. The molecule has 0 heterocycles. The summed E-state index contributed by atoms with van der Waals surface area (Å²) in [6.45, 7) is 6.30. The van der Waals surface area contributed by atoms with Gasteiger partial charge in [0.25, 0.3) is 0 Å². The molecule has 0 radical (unpaired) electrons. The second-order valence-corrected chi connectivity index (χ2v) is 13.8. The van der Waals surface area contributed by atoms with Crippen molar-refractivity contribution in [3.63, 3.8) is 0 Å². The van der Waals surface area contributed by atoms with Gasteiger partial charge in [0.15, 0.2) is 6.10 Å². The Bertz CT molecular complexity index is 804. The Morgan fingerprint density at radius 2 is 1.17 bits per heavy atom. The maximum absolute atomic E-state index is 12.2. The third-order valence-corrected chi connectivity index (χ3v) is 9.07. The zero-order valence-electron chi connectivity index (χ0n) is 31.5. The monoisotopic (exact) mass is 677 g/mol. The average Bonchev–Trinajstić information content (AvgIpc) is 3.08. The molecular weight excluding hydrogens is 600 g/mol. The quantitative estimate of drug-likeness (QED) is 0.0300. The van der Waals surface area contributed by atoms with E-state index in [2.05, 4.69) is 32.9 Å². The number of allylic oxidation sites excluding steroid dienone is 4. The first-order valence-corrected chi connectivity index (χ1v) is 20.0. The molecule has 0 aliphatic carbocycles. The van der Waals surface area contributed by atoms with Gasteiger partial charge in [-0.05, 0) is 44.4 Å². The highest BCUT2D eigenvalue weighted by atomic mass is 16.6. The van der Waals surface area contributed by atoms with Gasteiger partial charge >= 0.3 is 11.9 Å². The van der Waals surface area contributed by atoms with Crippen LogP contribution in [0.15, 0.2) is 36.5 Å². The van der Waals surface area contributed by atoms with Crippen molar-refractivity contribution in [3.05, 3.63) is 36.5 Å². The van der Waals surface area contributed by atoms with Crippen molar-refractivity contribution in [3.8, 4) is 0 Å². The Morgan fingerprint density at radius 3 is 1.71 bits per heavy atom. The molecular formula is C42H76O6. The minimum atomic E-state index is -0.792. The number of rotatable bonds is 35. The first kappa shape index (κ1) is 46.1. The summed E-state index contributed by atoms with van der Waals surface area (Å²) in [5.74, 6) is 0.255. The largest absolute Gasteiger partial charge is 0.462 e. The van der Waals surface area contributed by atoms with Gasteiger partial charge < -0.3 is 19.7 Å². The molecule has 3 atom stereocenters. The van der Waals surface area contributed by atoms with Gasteiger partial charge in [-0.15, -0.1) is 0 Å². The van der Waals surface area contributed by atoms with E-state index in [0.717, 1.165) is 70.1 Å². The minimum Gasteiger partial charge on any atom is -0.462 e. The molecule has 0 spiro atoms. The zero-order valence-corrected chi connectivity index (χ0v) is 31.5. The summed E-state index contributed by atoms with van der Waals surface area (Å²) in [6.07, 6.45) is 39.6. The van der Waals surface area contributed by atoms with E-state index in [4.69, 9.17) is 9.47 Å². The van der Waals surface area contributed by atoms with Crippen LogP contribution in [0.25, 0.3) is 0 Å². The zero-order chi connectivity index (χ0) is 35.3. The standard InChI is InChI=1S/C42H76O6/c1-4-6-26-32-39(44)33-28-23-19-15-13-17-20-24-29-34-41(45)47-37-40(36-43)48-42(46)35-30-25-21-16-12-10-8-7-9-11-14-18-22-27-31-38(3)5-2/h6,19,23,26,28,33,38-40,43-44H,4-5,7-18,20-22,24-25,27,29-32,34-37H2,1-3H3/b23-19+,26-6+,33-28+/t38?,39?,40-/m0/s1. The highest BCUT2D eigenvalue weighted by Crippen LogP contribution is 2.16. The number of ether oxygens (including phenoxy) is 2. The summed E-state index contributed by atoms with van der Waals surface area (Å²) in [6, 6.07) is 0. The van der Waals surface area contributed by atoms with Gasteiger partial charge in [0.05, 0.1) is 12.7 Å². The van der Waals surface area contributed by atoms with Crippen LogP contribution in [-0.4, -0.2) is 47.6 Å². The summed E-state index contributed by atoms with van der Waals surface area (Å²) in [4.78, 5) is 24.3. The van der Waals surface area contributed by atoms with Crippen LogP contribution < -0.4 is 0 Å². The third kappa shape index (κ3) is 34.0. The molecule has 0 bridgehead atoms. The Labute approximate surface area is 296 Å². The minimum absolute atomic E-state index is 0.0906. The molecule has 0 aromatic rings. The number of hydrogen-bond donors (Lipinski definition) is 2. The van der Waals surface area contributed by atoms with E-state index in [-0.39, 0.29) is 25.2 Å². The lowest BCUT2D eigenvalue weighted by Gasteiger charge is -2.15. The van der Waals surface area contributed by atoms with Crippen LogP contribution in [0.3, 0.4) is 0 Å². The summed E-state index contributed by atoms with van der Waals surface area (Å²) in [7, 11) is 0. The van der Waals surface area contributed by atoms with Crippen LogP contribution in [0.4, 0.5) is 0 Å². The van der Waals surface area contributed by atoms with Crippen molar-refractivity contribution in [1.82, 2.24) is 0 Å². The predicted octanol–water partition coefficient (Wildman–Crippen LogP) is 11.3. The molecule has 2 unspecified atom stereocenters. The van der Waals surface area contributed by atoms with E-state index >= 15 is 0 Å². The maximum atomic E-state index is 12.2. The maximum Gasteiger partial charge on any atom is 0.306 e. The van der Waals surface area contributed by atoms with Gasteiger partial charge in [0, 0.05) is 12.8 Å². The molecule has 0 saturated carbocycles. The van der Waals surface area contributed by atoms with Crippen molar-refractivity contribution in [2.45, 2.75) is 200 Å². The van der Waals surface area contributed by atoms with E-state index in [1.807, 2.05) is 24.3 Å². The number of unbranched alkanes of at least 4 members (excludes halogenated alkanes) is 18. The summed E-state index contributed by atoms with van der Waals surface area (Å²) >= 11 is 0. The lowest BCUT2D eigenvalue weighted by molar-refractivity contribution is -0.161. The van der Waals surface area contributed by atoms with Crippen LogP contribution in [0.1, 0.15) is 188 Å². The van der Waals surface area contributed by atoms with Gasteiger partial charge in [0.1, 0.15) is 6.61 Å². The Hall–Kier alpha value is -1.92. The van der Waals surface area contributed by atoms with Crippen molar-refractivity contribution in [2.24, 2.45) is 5.92 Å². The normalized spacial score (nSPS) is 13.9. The molecule has 0 aromatic carbocycles. The van der Waals surface area contributed by atoms with E-state index in [1.165, 1.54) is 83.5 Å². The smallest absolute Gasteiger partial charge is 0.306 e. The lowest BCUT2D eigenvalue weighted by atomic mass is 9.99. The summed E-state index contributed by atoms with van der Waals surface area (Å²) in [5, 5.41) is 19.4. The fraction of sp³-hybridized carbons (Fsp3) is 0.810. The van der Waals surface area contributed by atoms with Crippen LogP contribution in [0.5, 0.6) is 0 Å². The Kier molecular flexibility index (Phi) is 34.9. The molecule has 0 fully saturated rings. The van der Waals surface area contributed by atoms with Gasteiger partial charge in [-0.1, -0.05) is 173 Å². The predicted molar refractivity (Wildman–Crippen MR) is 202 cm³/mol. The molecule has 6 nitrogen and oxygen atoms in total. The molecule has 0 rings (SSSR count). The number of carbonyl (C=O) groups is 2. The van der Waals surface area contributed by atoms with Crippen LogP contribution >= 0.6 is 0 Å². The molecule has 6 heteroatoms. The molecule has 0 aromatic heterocycles. The fourth-order valence-electron chi connectivity index (χ4n) is 5.62. The molecule has 0 aliphatic rings. The number of hydrogen-bond acceptors (Lipinski definition) is 6. The average molecular weight is 677 g/mol. The molecule has 0 amide bonds. The summed E-state index contributed by atoms with van der Waals surface area (Å²) in [5.41, 5.74) is 0. The topological polar surface area (TPSA) is 93.1 Å². The molecule has 280 valence electrons. The van der Waals surface area contributed by atoms with Gasteiger partial charge in [-0.2, -0.15) is 0 Å². The van der Waals surface area contributed by atoms with Crippen LogP contribution in [-0.2, 0) is 19.1 Å². The molecule has 48 heavy (non-hydrogen) atoms. The SMILES string of the molecule is CC/C=C/CC(O)/C=C/C=C/CCCCCCCC(=O)OC[C@H](CO)OC(=O)CCCCCCCCCCCCCCCCC(C)CC. The first-order chi connectivity index (χ1) is 23.4. The number of aliphatic hydroxyl groups excluding tert-OH is 2. The fourth-order valence-corrected chi connectivity index (χ4v) is 5.62. The Balaban J connectivity index is 3.60. The van der Waals surface area contributed by atoms with Crippen molar-refractivity contribution in [2.75, 3.05) is 13.2 Å². The Morgan fingerprint density at radius 1 is 0.646 bits per heavy atom. The van der Waals surface area contributed by atoms with E-state index in [9.17, 15) is 19.8 Å². The number of aliphatic hydroxyl groups is 2. The lowest BCUT2D eigenvalue weighted by Crippen LogP contribution is -2.28. The van der Waals surface area contributed by atoms with Gasteiger partial charge in [-0.25, -0.2) is 0 Å². The third-order valence-electron chi connectivity index (χ3n) is 9.07. The molecule has 2 N–H and O–H groups in total. The molecule has 0 saturated heterocycles. The summed E-state index contributed by atoms with van der Waals surface area (Å²) < 4.78 is 10.6. The van der Waals surface area contributed by atoms with Crippen molar-refractivity contribution >= 4 is 11.9 Å². The molecule has 0 aliphatic heterocycles. The number of esters is 2. The van der Waals surface area contributed by atoms with E-state index in [1.54, 1.807) is 0 Å². The number of carbonyl (C=O) groups excluding carboxylic acids is 2. The van der Waals surface area contributed by atoms with E-state index in [0.29, 0.717) is 19.3 Å². The highest BCUT2D eigenvalue weighted by Gasteiger charge is 2.16.